The van der Waals surface area contributed by atoms with E-state index in [1.807, 2.05) is 24.3 Å². The summed E-state index contributed by atoms with van der Waals surface area (Å²) < 4.78 is 5.78. The van der Waals surface area contributed by atoms with Crippen molar-refractivity contribution in [2.75, 3.05) is 0 Å². The van der Waals surface area contributed by atoms with Crippen LogP contribution in [-0.4, -0.2) is 16.7 Å². The Hall–Kier alpha value is -2.39. The fourth-order valence-electron chi connectivity index (χ4n) is 8.70. The molecule has 6 rings (SSSR count). The molecule has 4 unspecified atom stereocenters. The molecule has 3 heteroatoms. The number of hydrogen-bond donors (Lipinski definition) is 1. The highest BCUT2D eigenvalue weighted by atomic mass is 16.5. The number of carbonyl (C=O) groups is 1. The number of ether oxygens (including phenoxy) is 1. The number of rotatable bonds is 4. The molecule has 0 amide bonds. The summed E-state index contributed by atoms with van der Waals surface area (Å²) in [6.45, 7) is 4.72. The number of aliphatic hydroxyl groups is 1. The lowest BCUT2D eigenvalue weighted by molar-refractivity contribution is -0.126. The van der Waals surface area contributed by atoms with Gasteiger partial charge in [0.05, 0.1) is 11.2 Å². The zero-order valence-corrected chi connectivity index (χ0v) is 21.1. The van der Waals surface area contributed by atoms with Crippen LogP contribution >= 0.6 is 0 Å². The van der Waals surface area contributed by atoms with Crippen molar-refractivity contribution in [3.63, 3.8) is 0 Å². The predicted octanol–water partition coefficient (Wildman–Crippen LogP) is 7.10. The zero-order chi connectivity index (χ0) is 24.2. The van der Waals surface area contributed by atoms with Gasteiger partial charge < -0.3 is 9.84 Å². The summed E-state index contributed by atoms with van der Waals surface area (Å²) in [6, 6.07) is 15.6. The normalized spacial score (nSPS) is 37.1. The van der Waals surface area contributed by atoms with Crippen molar-refractivity contribution in [2.24, 2.45) is 29.1 Å². The molecule has 2 fully saturated rings. The Bertz CT molecular complexity index is 1140. The maximum atomic E-state index is 12.6. The maximum absolute atomic E-state index is 12.6. The lowest BCUT2D eigenvalue weighted by atomic mass is 9.50. The van der Waals surface area contributed by atoms with E-state index in [9.17, 15) is 9.90 Å². The second-order valence-electron chi connectivity index (χ2n) is 11.9. The van der Waals surface area contributed by atoms with Crippen molar-refractivity contribution in [1.82, 2.24) is 0 Å². The Labute approximate surface area is 209 Å². The van der Waals surface area contributed by atoms with Crippen molar-refractivity contribution in [2.45, 2.75) is 76.7 Å². The summed E-state index contributed by atoms with van der Waals surface area (Å²) in [5.74, 6) is 3.14. The van der Waals surface area contributed by atoms with Crippen LogP contribution in [0.5, 0.6) is 5.75 Å². The van der Waals surface area contributed by atoms with Gasteiger partial charge in [0, 0.05) is 5.41 Å². The number of benzene rings is 2. The molecule has 0 spiro atoms. The minimum atomic E-state index is -0.538. The molecule has 3 nitrogen and oxygen atoms in total. The lowest BCUT2D eigenvalue weighted by Crippen LogP contribution is -2.54. The molecule has 184 valence electrons. The molecular weight excluding hydrogens is 432 g/mol. The van der Waals surface area contributed by atoms with Gasteiger partial charge in [-0.2, -0.15) is 0 Å². The van der Waals surface area contributed by atoms with Gasteiger partial charge in [0.2, 0.25) is 0 Å². The third-order valence-electron chi connectivity index (χ3n) is 10.4. The fourth-order valence-corrected chi connectivity index (χ4v) is 8.70. The minimum Gasteiger partial charge on any atom is -0.423 e. The van der Waals surface area contributed by atoms with Crippen LogP contribution in [0, 0.1) is 29.1 Å². The van der Waals surface area contributed by atoms with Crippen LogP contribution in [-0.2, 0) is 6.42 Å². The SMILES string of the molecule is CCCC1Cc2cc(OC(=O)c3ccccc3)ccc2C2CC[C@@]3(C)C(C[C@H]4CC=CC[C@]43O)C12. The minimum absolute atomic E-state index is 0.0121. The number of fused-ring (bicyclic) bond motifs is 7. The largest absolute Gasteiger partial charge is 0.423 e. The average Bonchev–Trinajstić information content (AvgIpc) is 3.11. The van der Waals surface area contributed by atoms with Crippen molar-refractivity contribution in [1.29, 1.82) is 0 Å². The predicted molar refractivity (Wildman–Crippen MR) is 138 cm³/mol. The maximum Gasteiger partial charge on any atom is 0.343 e. The zero-order valence-electron chi connectivity index (χ0n) is 21.1. The molecule has 2 aromatic carbocycles. The smallest absolute Gasteiger partial charge is 0.343 e. The van der Waals surface area contributed by atoms with Gasteiger partial charge in [-0.05, 0) is 104 Å². The van der Waals surface area contributed by atoms with Gasteiger partial charge in [0.15, 0.2) is 0 Å². The average molecular weight is 471 g/mol. The van der Waals surface area contributed by atoms with Crippen LogP contribution in [0.2, 0.25) is 0 Å². The topological polar surface area (TPSA) is 46.5 Å². The van der Waals surface area contributed by atoms with E-state index in [4.69, 9.17) is 4.74 Å². The van der Waals surface area contributed by atoms with Gasteiger partial charge in [-0.3, -0.25) is 0 Å². The van der Waals surface area contributed by atoms with E-state index in [0.29, 0.717) is 40.9 Å². The third-order valence-corrected chi connectivity index (χ3v) is 10.4. The van der Waals surface area contributed by atoms with Crippen molar-refractivity contribution in [3.05, 3.63) is 77.4 Å². The summed E-state index contributed by atoms with van der Waals surface area (Å²) in [7, 11) is 0. The molecule has 0 bridgehead atoms. The first-order valence-corrected chi connectivity index (χ1v) is 13.7. The summed E-state index contributed by atoms with van der Waals surface area (Å²) in [5, 5.41) is 12.0. The highest BCUT2D eigenvalue weighted by Crippen LogP contribution is 2.69. The Morgan fingerprint density at radius 2 is 1.97 bits per heavy atom. The fraction of sp³-hybridized carbons (Fsp3) is 0.531. The van der Waals surface area contributed by atoms with Crippen LogP contribution in [0.3, 0.4) is 0 Å². The molecule has 1 N–H and O–H groups in total. The van der Waals surface area contributed by atoms with Gasteiger partial charge in [-0.1, -0.05) is 63.1 Å². The molecule has 0 aliphatic heterocycles. The van der Waals surface area contributed by atoms with Crippen LogP contribution in [0.25, 0.3) is 0 Å². The molecule has 7 atom stereocenters. The molecule has 4 aliphatic carbocycles. The first kappa shape index (κ1) is 23.0. The molecule has 2 aromatic rings. The summed E-state index contributed by atoms with van der Waals surface area (Å²) in [5.41, 5.74) is 2.88. The highest BCUT2D eigenvalue weighted by molar-refractivity contribution is 5.91. The van der Waals surface area contributed by atoms with Gasteiger partial charge in [-0.15, -0.1) is 0 Å². The van der Waals surface area contributed by atoms with Crippen molar-refractivity contribution in [3.8, 4) is 5.75 Å². The molecule has 0 radical (unpaired) electrons. The quantitative estimate of drug-likeness (QED) is 0.295. The molecule has 4 aliphatic rings. The molecule has 35 heavy (non-hydrogen) atoms. The van der Waals surface area contributed by atoms with E-state index in [-0.39, 0.29) is 11.4 Å². The Balaban J connectivity index is 1.31. The van der Waals surface area contributed by atoms with E-state index < -0.39 is 5.60 Å². The van der Waals surface area contributed by atoms with E-state index in [2.05, 4.69) is 38.1 Å². The van der Waals surface area contributed by atoms with E-state index >= 15 is 0 Å². The van der Waals surface area contributed by atoms with Crippen LogP contribution < -0.4 is 4.74 Å². The summed E-state index contributed by atoms with van der Waals surface area (Å²) in [4.78, 5) is 12.6. The molecule has 0 saturated heterocycles. The number of hydrogen-bond acceptors (Lipinski definition) is 3. The number of allylic oxidation sites excluding steroid dienone is 1. The summed E-state index contributed by atoms with van der Waals surface area (Å²) in [6.07, 6.45) is 13.3. The lowest BCUT2D eigenvalue weighted by Gasteiger charge is -2.56. The van der Waals surface area contributed by atoms with Gasteiger partial charge >= 0.3 is 5.97 Å². The molecule has 0 heterocycles. The Kier molecular flexibility index (Phi) is 5.67. The van der Waals surface area contributed by atoms with Gasteiger partial charge in [-0.25, -0.2) is 4.79 Å². The third kappa shape index (κ3) is 3.53. The van der Waals surface area contributed by atoms with Crippen LogP contribution in [0.15, 0.2) is 60.7 Å². The molecule has 0 aromatic heterocycles. The Morgan fingerprint density at radius 1 is 1.14 bits per heavy atom. The standard InChI is InChI=1S/C32H38O3/c1-3-9-22-18-23-19-25(35-30(33)21-10-5-4-6-11-21)13-14-26(23)27-15-17-31(2)28(29(22)27)20-24-12-7-8-16-32(24,31)34/h4-8,10-11,13-14,19,22,24,27-29,34H,3,9,12,15-18,20H2,1-2H3/t22?,24-,27?,28?,29?,31+,32+/m1/s1. The van der Waals surface area contributed by atoms with Crippen molar-refractivity contribution >= 4 is 5.97 Å². The molecular formula is C32H38O3. The van der Waals surface area contributed by atoms with Gasteiger partial charge in [0.1, 0.15) is 5.75 Å². The number of esters is 1. The molecule has 2 saturated carbocycles. The Morgan fingerprint density at radius 3 is 2.77 bits per heavy atom. The number of carbonyl (C=O) groups excluding carboxylic acids is 1. The highest BCUT2D eigenvalue weighted by Gasteiger charge is 2.66. The monoisotopic (exact) mass is 470 g/mol. The van der Waals surface area contributed by atoms with Gasteiger partial charge in [0.25, 0.3) is 0 Å². The first-order chi connectivity index (χ1) is 16.9. The van der Waals surface area contributed by atoms with E-state index in [1.165, 1.54) is 30.4 Å². The first-order valence-electron chi connectivity index (χ1n) is 13.7. The second kappa shape index (κ2) is 8.62. The van der Waals surface area contributed by atoms with Crippen LogP contribution in [0.1, 0.15) is 86.2 Å². The van der Waals surface area contributed by atoms with Crippen LogP contribution in [0.4, 0.5) is 0 Å². The summed E-state index contributed by atoms with van der Waals surface area (Å²) >= 11 is 0. The second-order valence-corrected chi connectivity index (χ2v) is 11.9. The van der Waals surface area contributed by atoms with Crippen molar-refractivity contribution < 1.29 is 14.6 Å². The van der Waals surface area contributed by atoms with E-state index in [1.54, 1.807) is 12.1 Å². The van der Waals surface area contributed by atoms with E-state index in [0.717, 1.165) is 32.1 Å².